The van der Waals surface area contributed by atoms with E-state index in [9.17, 15) is 10.2 Å². The predicted octanol–water partition coefficient (Wildman–Crippen LogP) is 5.36. The third-order valence-electron chi connectivity index (χ3n) is 5.77. The van der Waals surface area contributed by atoms with Gasteiger partial charge in [0.2, 0.25) is 0 Å². The van der Waals surface area contributed by atoms with Crippen molar-refractivity contribution in [2.45, 2.75) is 58.9 Å². The lowest BCUT2D eigenvalue weighted by Crippen LogP contribution is -2.41. The Balaban J connectivity index is 2.42. The van der Waals surface area contributed by atoms with Crippen LogP contribution in [-0.2, 0) is 0 Å². The van der Waals surface area contributed by atoms with E-state index in [0.29, 0.717) is 11.5 Å². The van der Waals surface area contributed by atoms with Gasteiger partial charge in [-0.15, -0.1) is 0 Å². The smallest absolute Gasteiger partial charge is 0.119 e. The van der Waals surface area contributed by atoms with Gasteiger partial charge in [-0.1, -0.05) is 42.3 Å². The molecule has 0 aliphatic carbocycles. The van der Waals surface area contributed by atoms with Crippen molar-refractivity contribution < 1.29 is 10.2 Å². The summed E-state index contributed by atoms with van der Waals surface area (Å²) in [5.74, 6) is 0.530. The summed E-state index contributed by atoms with van der Waals surface area (Å²) in [6.45, 7) is 11.6. The summed E-state index contributed by atoms with van der Waals surface area (Å²) in [6.07, 6.45) is 1.90. The number of benzene rings is 2. The number of hydrogen-bond acceptors (Lipinski definition) is 3. The molecule has 0 unspecified atom stereocenters. The van der Waals surface area contributed by atoms with Crippen LogP contribution >= 0.6 is 0 Å². The Morgan fingerprint density at radius 2 is 1.38 bits per heavy atom. The van der Waals surface area contributed by atoms with Crippen LogP contribution in [0.5, 0.6) is 11.5 Å². The molecule has 0 saturated heterocycles. The summed E-state index contributed by atoms with van der Waals surface area (Å²) in [5.41, 5.74) is 4.10. The zero-order valence-corrected chi connectivity index (χ0v) is 17.0. The van der Waals surface area contributed by atoms with Crippen molar-refractivity contribution in [3.63, 3.8) is 0 Å². The largest absolute Gasteiger partial charge is 0.508 e. The van der Waals surface area contributed by atoms with Crippen molar-refractivity contribution in [1.82, 2.24) is 4.90 Å². The molecule has 2 aromatic carbocycles. The second-order valence-corrected chi connectivity index (χ2v) is 8.05. The van der Waals surface area contributed by atoms with E-state index in [2.05, 4.69) is 32.7 Å². The molecular formula is C23H33NO2. The van der Waals surface area contributed by atoms with Gasteiger partial charge in [0.1, 0.15) is 11.5 Å². The maximum Gasteiger partial charge on any atom is 0.119 e. The lowest BCUT2D eigenvalue weighted by Gasteiger charge is -2.36. The molecule has 0 heterocycles. The Hall–Kier alpha value is -2.00. The molecule has 3 heteroatoms. The maximum atomic E-state index is 10.5. The fraction of sp³-hybridized carbons (Fsp3) is 0.478. The van der Waals surface area contributed by atoms with Crippen LogP contribution in [0, 0.1) is 13.8 Å². The zero-order chi connectivity index (χ0) is 19.5. The molecule has 0 aromatic heterocycles. The lowest BCUT2D eigenvalue weighted by molar-refractivity contribution is 0.147. The number of hydrogen-bond donors (Lipinski definition) is 2. The molecule has 0 amide bonds. The molecule has 2 aromatic rings. The van der Waals surface area contributed by atoms with Crippen LogP contribution in [0.15, 0.2) is 36.4 Å². The summed E-state index contributed by atoms with van der Waals surface area (Å²) < 4.78 is 0. The second-order valence-electron chi connectivity index (χ2n) is 8.05. The van der Waals surface area contributed by atoms with E-state index in [-0.39, 0.29) is 11.5 Å². The van der Waals surface area contributed by atoms with Crippen LogP contribution in [-0.4, -0.2) is 34.2 Å². The maximum absolute atomic E-state index is 10.5. The molecule has 0 saturated carbocycles. The third kappa shape index (κ3) is 4.59. The number of aromatic hydroxyl groups is 2. The van der Waals surface area contributed by atoms with Gasteiger partial charge in [-0.2, -0.15) is 0 Å². The van der Waals surface area contributed by atoms with E-state index in [1.807, 2.05) is 38.1 Å². The Labute approximate surface area is 158 Å². The Bertz CT molecular complexity index is 700. The topological polar surface area (TPSA) is 43.7 Å². The molecule has 0 fully saturated rings. The molecular weight excluding hydrogens is 322 g/mol. The third-order valence-corrected chi connectivity index (χ3v) is 5.77. The van der Waals surface area contributed by atoms with Crippen LogP contribution in [0.4, 0.5) is 0 Å². The van der Waals surface area contributed by atoms with E-state index in [1.165, 1.54) is 0 Å². The monoisotopic (exact) mass is 355 g/mol. The van der Waals surface area contributed by atoms with Crippen LogP contribution in [0.25, 0.3) is 0 Å². The number of nitrogens with zero attached hydrogens (tertiary/aromatic N) is 1. The van der Waals surface area contributed by atoms with E-state index in [0.717, 1.165) is 41.6 Å². The van der Waals surface area contributed by atoms with Crippen molar-refractivity contribution in [3.8, 4) is 11.5 Å². The van der Waals surface area contributed by atoms with E-state index >= 15 is 0 Å². The van der Waals surface area contributed by atoms with Crippen molar-refractivity contribution in [1.29, 1.82) is 0 Å². The number of aryl methyl sites for hydroxylation is 2. The van der Waals surface area contributed by atoms with Crippen molar-refractivity contribution in [2.24, 2.45) is 0 Å². The number of phenolic OH excluding ortho intramolecular Hbond substituents is 2. The first-order valence-corrected chi connectivity index (χ1v) is 9.46. The Kier molecular flexibility index (Phi) is 6.35. The number of rotatable bonds is 7. The molecule has 2 rings (SSSR count). The molecule has 0 spiro atoms. The predicted molar refractivity (Wildman–Crippen MR) is 109 cm³/mol. The van der Waals surface area contributed by atoms with E-state index in [1.54, 1.807) is 12.1 Å². The SMILES string of the molecule is CCC(C)(C)N(C)CCC(c1cc(C)ccc1O)c1cc(C)ccc1O. The lowest BCUT2D eigenvalue weighted by atomic mass is 9.85. The summed E-state index contributed by atoms with van der Waals surface area (Å²) in [7, 11) is 2.15. The second kappa shape index (κ2) is 8.13. The van der Waals surface area contributed by atoms with Crippen LogP contribution in [0.1, 0.15) is 61.8 Å². The molecule has 26 heavy (non-hydrogen) atoms. The quantitative estimate of drug-likeness (QED) is 0.703. The van der Waals surface area contributed by atoms with Crippen molar-refractivity contribution >= 4 is 0 Å². The minimum Gasteiger partial charge on any atom is -0.508 e. The molecule has 0 bridgehead atoms. The molecule has 0 aliphatic heterocycles. The minimum atomic E-state index is -0.0510. The Morgan fingerprint density at radius 1 is 0.923 bits per heavy atom. The van der Waals surface area contributed by atoms with Crippen LogP contribution in [0.3, 0.4) is 0 Å². The first kappa shape index (κ1) is 20.3. The minimum absolute atomic E-state index is 0.0510. The van der Waals surface area contributed by atoms with Gasteiger partial charge in [-0.3, -0.25) is 0 Å². The standard InChI is InChI=1S/C23H33NO2/c1-7-23(4,5)24(6)13-12-18(19-14-16(2)8-10-21(19)25)20-15-17(3)9-11-22(20)26/h8-11,14-15,18,25-26H,7,12-13H2,1-6H3. The van der Waals surface area contributed by atoms with Gasteiger partial charge in [0.15, 0.2) is 0 Å². The molecule has 3 nitrogen and oxygen atoms in total. The normalized spacial score (nSPS) is 12.2. The highest BCUT2D eigenvalue weighted by Gasteiger charge is 2.25. The van der Waals surface area contributed by atoms with Gasteiger partial charge in [0.25, 0.3) is 0 Å². The summed E-state index contributed by atoms with van der Waals surface area (Å²) in [6, 6.07) is 11.4. The highest BCUT2D eigenvalue weighted by Crippen LogP contribution is 2.39. The molecule has 142 valence electrons. The summed E-state index contributed by atoms with van der Waals surface area (Å²) in [5, 5.41) is 21.0. The average molecular weight is 356 g/mol. The summed E-state index contributed by atoms with van der Waals surface area (Å²) in [4.78, 5) is 2.36. The van der Waals surface area contributed by atoms with Gasteiger partial charge < -0.3 is 15.1 Å². The highest BCUT2D eigenvalue weighted by molar-refractivity contribution is 5.48. The first-order valence-electron chi connectivity index (χ1n) is 9.46. The van der Waals surface area contributed by atoms with Gasteiger partial charge in [0, 0.05) is 22.6 Å². The van der Waals surface area contributed by atoms with Gasteiger partial charge in [0.05, 0.1) is 0 Å². The first-order chi connectivity index (χ1) is 12.2. The molecule has 0 atom stereocenters. The molecule has 2 N–H and O–H groups in total. The van der Waals surface area contributed by atoms with Crippen LogP contribution in [0.2, 0.25) is 0 Å². The van der Waals surface area contributed by atoms with E-state index in [4.69, 9.17) is 0 Å². The molecule has 0 radical (unpaired) electrons. The van der Waals surface area contributed by atoms with Gasteiger partial charge in [-0.25, -0.2) is 0 Å². The fourth-order valence-corrected chi connectivity index (χ4v) is 3.28. The van der Waals surface area contributed by atoms with Crippen molar-refractivity contribution in [2.75, 3.05) is 13.6 Å². The fourth-order valence-electron chi connectivity index (χ4n) is 3.28. The van der Waals surface area contributed by atoms with E-state index < -0.39 is 0 Å². The van der Waals surface area contributed by atoms with Gasteiger partial charge in [-0.05, 0) is 66.3 Å². The van der Waals surface area contributed by atoms with Crippen molar-refractivity contribution in [3.05, 3.63) is 58.7 Å². The zero-order valence-electron chi connectivity index (χ0n) is 17.0. The van der Waals surface area contributed by atoms with Crippen LogP contribution < -0.4 is 0 Å². The summed E-state index contributed by atoms with van der Waals surface area (Å²) >= 11 is 0. The van der Waals surface area contributed by atoms with Gasteiger partial charge >= 0.3 is 0 Å². The highest BCUT2D eigenvalue weighted by atomic mass is 16.3. The number of phenols is 2. The molecule has 0 aliphatic rings. The Morgan fingerprint density at radius 3 is 1.81 bits per heavy atom. The average Bonchev–Trinajstić information content (AvgIpc) is 2.60.